The predicted molar refractivity (Wildman–Crippen MR) is 68.1 cm³/mol. The molecule has 0 fully saturated rings. The van der Waals surface area contributed by atoms with E-state index in [0.29, 0.717) is 0 Å². The zero-order valence-electron chi connectivity index (χ0n) is 10.4. The number of pyridine rings is 1. The van der Waals surface area contributed by atoms with Gasteiger partial charge < -0.3 is 5.32 Å². The van der Waals surface area contributed by atoms with E-state index in [1.807, 2.05) is 19.2 Å². The van der Waals surface area contributed by atoms with Gasteiger partial charge in [0.2, 0.25) is 0 Å². The zero-order chi connectivity index (χ0) is 11.8. The molecule has 0 aliphatic rings. The van der Waals surface area contributed by atoms with Gasteiger partial charge in [-0.2, -0.15) is 0 Å². The van der Waals surface area contributed by atoms with Gasteiger partial charge >= 0.3 is 0 Å². The molecule has 1 unspecified atom stereocenters. The molecule has 1 aromatic heterocycles. The average molecular weight is 216 g/mol. The molecule has 0 saturated heterocycles. The maximum Gasteiger partial charge on any atom is 0.0612 e. The highest BCUT2D eigenvalue weighted by molar-refractivity contribution is 5.22. The Morgan fingerprint density at radius 3 is 2.94 bits per heavy atom. The lowest BCUT2D eigenvalue weighted by molar-refractivity contribution is 0.528. The van der Waals surface area contributed by atoms with Gasteiger partial charge in [-0.3, -0.25) is 4.98 Å². The molecule has 1 aromatic rings. The first kappa shape index (κ1) is 12.7. The van der Waals surface area contributed by atoms with Crippen LogP contribution < -0.4 is 5.32 Å². The van der Waals surface area contributed by atoms with Crippen LogP contribution in [-0.2, 0) is 0 Å². The van der Waals surface area contributed by atoms with Gasteiger partial charge in [0.05, 0.1) is 11.7 Å². The van der Waals surface area contributed by atoms with Crippen LogP contribution >= 0.6 is 0 Å². The number of hydrogen-bond acceptors (Lipinski definition) is 2. The third-order valence-corrected chi connectivity index (χ3v) is 2.50. The van der Waals surface area contributed by atoms with E-state index in [0.717, 1.165) is 25.1 Å². The number of aromatic nitrogens is 1. The van der Waals surface area contributed by atoms with E-state index in [1.165, 1.54) is 5.56 Å². The second kappa shape index (κ2) is 7.03. The Hall–Kier alpha value is -1.33. The number of rotatable bonds is 5. The third kappa shape index (κ3) is 3.67. The van der Waals surface area contributed by atoms with Crippen molar-refractivity contribution in [3.05, 3.63) is 29.6 Å². The molecule has 86 valence electrons. The summed E-state index contributed by atoms with van der Waals surface area (Å²) in [6, 6.07) is 4.33. The summed E-state index contributed by atoms with van der Waals surface area (Å²) < 4.78 is 0. The van der Waals surface area contributed by atoms with E-state index < -0.39 is 0 Å². The van der Waals surface area contributed by atoms with Crippen LogP contribution in [0.3, 0.4) is 0 Å². The standard InChI is InChI=1S/C14H20N2/c1-4-6-9-13(15-10-5-2)14-12(3)8-7-11-16-14/h7-8,11,13,15H,5,9-10H2,1-3H3. The smallest absolute Gasteiger partial charge is 0.0612 e. The second-order valence-corrected chi connectivity index (χ2v) is 3.84. The van der Waals surface area contributed by atoms with E-state index in [9.17, 15) is 0 Å². The Morgan fingerprint density at radius 1 is 1.50 bits per heavy atom. The summed E-state index contributed by atoms with van der Waals surface area (Å²) in [6.07, 6.45) is 3.80. The molecule has 0 aliphatic carbocycles. The van der Waals surface area contributed by atoms with Gasteiger partial charge in [0, 0.05) is 12.6 Å². The van der Waals surface area contributed by atoms with Gasteiger partial charge in [-0.15, -0.1) is 11.8 Å². The molecule has 16 heavy (non-hydrogen) atoms. The lowest BCUT2D eigenvalue weighted by Crippen LogP contribution is -2.23. The monoisotopic (exact) mass is 216 g/mol. The fraction of sp³-hybridized carbons (Fsp3) is 0.500. The van der Waals surface area contributed by atoms with Crippen molar-refractivity contribution in [1.82, 2.24) is 10.3 Å². The van der Waals surface area contributed by atoms with Crippen LogP contribution in [0.5, 0.6) is 0 Å². The van der Waals surface area contributed by atoms with Crippen molar-refractivity contribution in [1.29, 1.82) is 0 Å². The van der Waals surface area contributed by atoms with Crippen LogP contribution in [0.25, 0.3) is 0 Å². The van der Waals surface area contributed by atoms with E-state index in [-0.39, 0.29) is 6.04 Å². The molecule has 0 saturated carbocycles. The molecule has 0 bridgehead atoms. The third-order valence-electron chi connectivity index (χ3n) is 2.50. The first-order chi connectivity index (χ1) is 7.79. The summed E-state index contributed by atoms with van der Waals surface area (Å²) in [4.78, 5) is 4.45. The van der Waals surface area contributed by atoms with Crippen molar-refractivity contribution < 1.29 is 0 Å². The van der Waals surface area contributed by atoms with Gasteiger partial charge in [-0.05, 0) is 38.4 Å². The minimum atomic E-state index is 0.258. The highest BCUT2D eigenvalue weighted by Gasteiger charge is 2.12. The lowest BCUT2D eigenvalue weighted by Gasteiger charge is -2.17. The van der Waals surface area contributed by atoms with Gasteiger partial charge in [-0.25, -0.2) is 0 Å². The molecule has 2 heteroatoms. The number of nitrogens with zero attached hydrogens (tertiary/aromatic N) is 1. The van der Waals surface area contributed by atoms with Crippen LogP contribution in [0.1, 0.15) is 44.0 Å². The van der Waals surface area contributed by atoms with Crippen LogP contribution in [0.15, 0.2) is 18.3 Å². The van der Waals surface area contributed by atoms with Crippen molar-refractivity contribution in [2.45, 2.75) is 39.7 Å². The minimum Gasteiger partial charge on any atom is -0.308 e. The summed E-state index contributed by atoms with van der Waals surface area (Å²) >= 11 is 0. The molecule has 0 aliphatic heterocycles. The number of hydrogen-bond donors (Lipinski definition) is 1. The van der Waals surface area contributed by atoms with E-state index in [2.05, 4.69) is 42.1 Å². The van der Waals surface area contributed by atoms with Gasteiger partial charge in [0.15, 0.2) is 0 Å². The van der Waals surface area contributed by atoms with Gasteiger partial charge in [0.1, 0.15) is 0 Å². The fourth-order valence-electron chi connectivity index (χ4n) is 1.65. The Labute approximate surface area is 98.5 Å². The highest BCUT2D eigenvalue weighted by atomic mass is 14.9. The SMILES string of the molecule is CC#CCC(NCCC)c1ncccc1C. The molecular formula is C14H20N2. The molecule has 0 aromatic carbocycles. The van der Waals surface area contributed by atoms with E-state index in [4.69, 9.17) is 0 Å². The van der Waals surface area contributed by atoms with E-state index >= 15 is 0 Å². The van der Waals surface area contributed by atoms with Crippen molar-refractivity contribution in [3.63, 3.8) is 0 Å². The first-order valence-corrected chi connectivity index (χ1v) is 5.84. The molecule has 1 heterocycles. The highest BCUT2D eigenvalue weighted by Crippen LogP contribution is 2.17. The largest absolute Gasteiger partial charge is 0.308 e. The van der Waals surface area contributed by atoms with E-state index in [1.54, 1.807) is 0 Å². The molecule has 1 atom stereocenters. The Kier molecular flexibility index (Phi) is 5.60. The number of nitrogens with one attached hydrogen (secondary N) is 1. The molecule has 2 nitrogen and oxygen atoms in total. The molecule has 0 spiro atoms. The molecule has 1 rings (SSSR count). The number of aryl methyl sites for hydroxylation is 1. The Balaban J connectivity index is 2.81. The average Bonchev–Trinajstić information content (AvgIpc) is 2.31. The van der Waals surface area contributed by atoms with Crippen molar-refractivity contribution in [2.75, 3.05) is 6.54 Å². The van der Waals surface area contributed by atoms with Crippen molar-refractivity contribution in [2.24, 2.45) is 0 Å². The Bertz CT molecular complexity index is 374. The Morgan fingerprint density at radius 2 is 2.31 bits per heavy atom. The van der Waals surface area contributed by atoms with Crippen molar-refractivity contribution in [3.8, 4) is 11.8 Å². The normalized spacial score (nSPS) is 11.7. The van der Waals surface area contributed by atoms with Gasteiger partial charge in [-0.1, -0.05) is 13.0 Å². The fourth-order valence-corrected chi connectivity index (χ4v) is 1.65. The van der Waals surface area contributed by atoms with Crippen LogP contribution in [0.2, 0.25) is 0 Å². The predicted octanol–water partition coefficient (Wildman–Crippen LogP) is 2.84. The summed E-state index contributed by atoms with van der Waals surface area (Å²) in [5.41, 5.74) is 2.35. The summed E-state index contributed by atoms with van der Waals surface area (Å²) in [5, 5.41) is 3.50. The quantitative estimate of drug-likeness (QED) is 0.766. The molecule has 0 amide bonds. The maximum atomic E-state index is 4.45. The van der Waals surface area contributed by atoms with Crippen LogP contribution in [-0.4, -0.2) is 11.5 Å². The minimum absolute atomic E-state index is 0.258. The van der Waals surface area contributed by atoms with Crippen LogP contribution in [0.4, 0.5) is 0 Å². The summed E-state index contributed by atoms with van der Waals surface area (Å²) in [5.74, 6) is 6.08. The molecular weight excluding hydrogens is 196 g/mol. The summed E-state index contributed by atoms with van der Waals surface area (Å²) in [6.45, 7) is 7.15. The zero-order valence-corrected chi connectivity index (χ0v) is 10.4. The molecule has 1 N–H and O–H groups in total. The van der Waals surface area contributed by atoms with Gasteiger partial charge in [0.25, 0.3) is 0 Å². The maximum absolute atomic E-state index is 4.45. The van der Waals surface area contributed by atoms with Crippen molar-refractivity contribution >= 4 is 0 Å². The topological polar surface area (TPSA) is 24.9 Å². The lowest BCUT2D eigenvalue weighted by atomic mass is 10.1. The first-order valence-electron chi connectivity index (χ1n) is 5.84. The summed E-state index contributed by atoms with van der Waals surface area (Å²) in [7, 11) is 0. The second-order valence-electron chi connectivity index (χ2n) is 3.84. The molecule has 0 radical (unpaired) electrons. The van der Waals surface area contributed by atoms with Crippen LogP contribution in [0, 0.1) is 18.8 Å².